The smallest absolute Gasteiger partial charge is 0.410 e. The average Bonchev–Trinajstić information content (AvgIpc) is 0.795. The van der Waals surface area contributed by atoms with Crippen LogP contribution in [0.5, 0.6) is 0 Å². The molecule has 1 saturated carbocycles. The zero-order valence-electron chi connectivity index (χ0n) is 59.7. The SMILES string of the molecule is C.C.C.C.C.C.CC(C)(C)OC(=O)N1CCC(C#N)(Cc2c(F)cc(F)cc2F)CC1.Cl.Fc1cc(F)c(CBr)c(F)c1.N#CC1(Cc2c(F)cc(F)cc2F)CCN(C(=O)c2cccnc2-c2ccncn2)CC1.N#CC1(Cc2c(F)cc(F)cc2F)CCNCC1.N#CC1CCCCC1.O=C(O)c1cccnc1-c1ccncn1. The minimum absolute atomic E-state index is 0. The molecule has 0 unspecified atom stereocenters. The number of ether oxygens (including phenoxy) is 1. The highest BCUT2D eigenvalue weighted by molar-refractivity contribution is 9.08. The predicted molar refractivity (Wildman–Crippen MR) is 425 cm³/mol. The number of carbonyl (C=O) groups is 3. The number of amides is 2. The number of carbonyl (C=O) groups excluding carboxylic acids is 2. The summed E-state index contributed by atoms with van der Waals surface area (Å²) in [5, 5.41) is 49.1. The van der Waals surface area contributed by atoms with Gasteiger partial charge < -0.3 is 25.0 Å². The number of pyridine rings is 2. The van der Waals surface area contributed by atoms with E-state index >= 15 is 0 Å². The van der Waals surface area contributed by atoms with Crippen LogP contribution in [0, 0.1) is 137 Å². The Bertz CT molecular complexity index is 4550. The highest BCUT2D eigenvalue weighted by Crippen LogP contribution is 2.40. The standard InChI is InChI=1S/C23H18F3N5O.C18H21F3N2O2.C13H13F3N2.C10H7N3O2.C7H4BrF3.C7H11N.6CH4.ClH/c24-15-10-18(25)17(19(26)11-15)12-23(13-27)4-8-31(9-5-23)22(32)16-2-1-6-29-21(16)20-3-7-28-14-30-20;1-17(2,3)25-16(24)23-6-4-18(11-22,5-7-23)10-13-14(20)8-12(19)9-15(13)21;14-9-5-11(15)10(12(16)6-9)7-13(8-17)1-3-18-4-2-13;14-10(15)7-2-1-4-12-9(7)8-3-5-11-6-13-8;8-3-5-6(10)1-4(9)2-7(5)11;8-6-7-4-2-1-3-5-7;;;;;;;/h1-3,6-7,10-11,14H,4-5,8-9,12H2;8-9H,4-7,10H2,1-3H3;5-6,18H,1-4,7H2;1-6H,(H,14,15);1-2H,3H2;7H,1-5H2;6*1H4;1H. The number of hydrogen-bond donors (Lipinski definition) is 2. The molecule has 0 bridgehead atoms. The molecule has 4 aromatic heterocycles. The maximum atomic E-state index is 14.1. The van der Waals surface area contributed by atoms with Crippen LogP contribution in [-0.4, -0.2) is 108 Å². The number of aromatic nitrogens is 6. The quantitative estimate of drug-likeness (QED) is 0.0899. The van der Waals surface area contributed by atoms with Crippen LogP contribution in [0.1, 0.15) is 179 Å². The lowest BCUT2D eigenvalue weighted by atomic mass is 9.74. The van der Waals surface area contributed by atoms with Crippen LogP contribution in [0.2, 0.25) is 0 Å². The fourth-order valence-electron chi connectivity index (χ4n) is 12.2. The van der Waals surface area contributed by atoms with Gasteiger partial charge in [-0.1, -0.05) is 79.8 Å². The van der Waals surface area contributed by atoms with Gasteiger partial charge in [0, 0.05) is 133 Å². The summed E-state index contributed by atoms with van der Waals surface area (Å²) >= 11 is 2.88. The third-order valence-electron chi connectivity index (χ3n) is 18.3. The second-order valence-corrected chi connectivity index (χ2v) is 27.6. The number of nitrogens with one attached hydrogen (secondary N) is 1. The van der Waals surface area contributed by atoms with E-state index in [1.807, 2.05) is 0 Å². The maximum Gasteiger partial charge on any atom is 0.410 e. The van der Waals surface area contributed by atoms with Crippen molar-refractivity contribution in [3.05, 3.63) is 226 Å². The number of benzene rings is 4. The second kappa shape index (κ2) is 49.3. The Hall–Kier alpha value is -10.6. The van der Waals surface area contributed by atoms with E-state index in [2.05, 4.69) is 75.4 Å². The first-order valence-corrected chi connectivity index (χ1v) is 35.4. The van der Waals surface area contributed by atoms with Crippen molar-refractivity contribution in [2.75, 3.05) is 39.3 Å². The number of nitriles is 4. The molecule has 18 nitrogen and oxygen atoms in total. The van der Waals surface area contributed by atoms with Crippen LogP contribution in [0.3, 0.4) is 0 Å². The van der Waals surface area contributed by atoms with E-state index in [9.17, 15) is 82.9 Å². The number of halogens is 14. The van der Waals surface area contributed by atoms with Gasteiger partial charge in [-0.25, -0.2) is 82.2 Å². The van der Waals surface area contributed by atoms with Gasteiger partial charge in [-0.05, 0) is 141 Å². The molecule has 4 aliphatic rings. The highest BCUT2D eigenvalue weighted by Gasteiger charge is 2.41. The zero-order valence-corrected chi connectivity index (χ0v) is 62.1. The Kier molecular flexibility index (Phi) is 44.8. The third-order valence-corrected chi connectivity index (χ3v) is 18.8. The molecule has 2 amide bonds. The van der Waals surface area contributed by atoms with E-state index in [4.69, 9.17) is 15.1 Å². The normalized spacial score (nSPS) is 14.5. The molecule has 116 heavy (non-hydrogen) atoms. The average molecular weight is 1710 g/mol. The summed E-state index contributed by atoms with van der Waals surface area (Å²) < 4.78 is 165. The molecule has 12 rings (SSSR count). The first kappa shape index (κ1) is 105. The van der Waals surface area contributed by atoms with Crippen molar-refractivity contribution in [1.29, 1.82) is 21.0 Å². The number of likely N-dealkylation sites (tertiary alicyclic amines) is 2. The van der Waals surface area contributed by atoms with Gasteiger partial charge >= 0.3 is 12.1 Å². The molecule has 3 saturated heterocycles. The first-order chi connectivity index (χ1) is 51.9. The van der Waals surface area contributed by atoms with Gasteiger partial charge in [-0.3, -0.25) is 14.8 Å². The lowest BCUT2D eigenvalue weighted by Gasteiger charge is -2.38. The largest absolute Gasteiger partial charge is 0.478 e. The molecule has 7 heterocycles. The summed E-state index contributed by atoms with van der Waals surface area (Å²) in [6.07, 6.45) is 16.4. The zero-order chi connectivity index (χ0) is 79.6. The summed E-state index contributed by atoms with van der Waals surface area (Å²) in [7, 11) is 0. The molecule has 4 aromatic carbocycles. The molecule has 0 spiro atoms. The van der Waals surface area contributed by atoms with E-state index in [-0.39, 0.29) is 167 Å². The molecular formula is C84H99BrClF12N13O5. The molecule has 3 aliphatic heterocycles. The first-order valence-electron chi connectivity index (χ1n) is 34.3. The van der Waals surface area contributed by atoms with Crippen LogP contribution >= 0.6 is 28.3 Å². The maximum absolute atomic E-state index is 14.1. The number of piperidine rings is 3. The highest BCUT2D eigenvalue weighted by atomic mass is 79.9. The van der Waals surface area contributed by atoms with Gasteiger partial charge in [0.25, 0.3) is 5.91 Å². The van der Waals surface area contributed by atoms with Gasteiger partial charge in [0.1, 0.15) is 99.5 Å². The van der Waals surface area contributed by atoms with Crippen molar-refractivity contribution < 1.29 is 76.9 Å². The predicted octanol–water partition coefficient (Wildman–Crippen LogP) is 21.2. The number of carboxylic acids is 1. The number of nitrogens with zero attached hydrogens (tertiary/aromatic N) is 12. The van der Waals surface area contributed by atoms with E-state index < -0.39 is 104 Å². The third kappa shape index (κ3) is 29.9. The number of rotatable bonds is 11. The van der Waals surface area contributed by atoms with E-state index in [0.717, 1.165) is 12.8 Å². The summed E-state index contributed by atoms with van der Waals surface area (Å²) in [4.78, 5) is 63.3. The van der Waals surface area contributed by atoms with Gasteiger partial charge in [-0.2, -0.15) is 21.0 Å². The van der Waals surface area contributed by atoms with Crippen LogP contribution in [0.25, 0.3) is 22.8 Å². The monoisotopic (exact) mass is 1710 g/mol. The van der Waals surface area contributed by atoms with Crippen molar-refractivity contribution in [3.63, 3.8) is 0 Å². The molecule has 2 N–H and O–H groups in total. The van der Waals surface area contributed by atoms with Crippen molar-refractivity contribution in [2.24, 2.45) is 22.2 Å². The fraction of sp³-hybridized carbons (Fsp3) is 0.417. The van der Waals surface area contributed by atoms with Crippen LogP contribution < -0.4 is 5.32 Å². The summed E-state index contributed by atoms with van der Waals surface area (Å²) in [5.41, 5.74) is -2.10. The Balaban J connectivity index is 0.00000142. The minimum atomic E-state index is -1.05. The molecule has 1 aliphatic carbocycles. The summed E-state index contributed by atoms with van der Waals surface area (Å²) in [5.74, 6) is -12.3. The van der Waals surface area contributed by atoms with E-state index in [1.165, 1.54) is 49.1 Å². The fourth-order valence-corrected chi connectivity index (χ4v) is 12.8. The number of alkyl halides is 1. The second-order valence-electron chi connectivity index (χ2n) is 27.0. The molecule has 628 valence electrons. The van der Waals surface area contributed by atoms with Crippen molar-refractivity contribution in [2.45, 2.75) is 166 Å². The molecule has 32 heteroatoms. The van der Waals surface area contributed by atoms with Crippen LogP contribution in [0.15, 0.2) is 122 Å². The van der Waals surface area contributed by atoms with Gasteiger partial charge in [0.05, 0.1) is 63.0 Å². The van der Waals surface area contributed by atoms with E-state index in [0.29, 0.717) is 109 Å². The Morgan fingerprint density at radius 3 is 1.15 bits per heavy atom. The van der Waals surface area contributed by atoms with Gasteiger partial charge in [0.2, 0.25) is 0 Å². The summed E-state index contributed by atoms with van der Waals surface area (Å²) in [6.45, 7) is 7.55. The van der Waals surface area contributed by atoms with Crippen molar-refractivity contribution >= 4 is 46.3 Å². The Labute approximate surface area is 686 Å². The minimum Gasteiger partial charge on any atom is -0.478 e. The lowest BCUT2D eigenvalue weighted by molar-refractivity contribution is 0.0147. The molecule has 0 radical (unpaired) electrons. The van der Waals surface area contributed by atoms with Crippen molar-refractivity contribution in [3.8, 4) is 47.1 Å². The van der Waals surface area contributed by atoms with Gasteiger partial charge in [0.15, 0.2) is 0 Å². The van der Waals surface area contributed by atoms with Crippen LogP contribution in [-0.2, 0) is 29.3 Å². The topological polar surface area (TPSA) is 272 Å². The number of aromatic carboxylic acids is 1. The number of carboxylic acid groups (broad SMARTS) is 1. The summed E-state index contributed by atoms with van der Waals surface area (Å²) in [6, 6.07) is 23.5. The lowest BCUT2D eigenvalue weighted by Crippen LogP contribution is -2.45. The molecule has 4 fully saturated rings. The molecule has 0 atom stereocenters. The van der Waals surface area contributed by atoms with E-state index in [1.54, 1.807) is 74.6 Å². The van der Waals surface area contributed by atoms with Crippen LogP contribution in [0.4, 0.5) is 57.5 Å². The Morgan fingerprint density at radius 2 is 0.836 bits per heavy atom. The molecular weight excluding hydrogens is 1610 g/mol. The van der Waals surface area contributed by atoms with Crippen molar-refractivity contribution in [1.82, 2.24) is 45.0 Å². The molecule has 8 aromatic rings. The van der Waals surface area contributed by atoms with Gasteiger partial charge in [-0.15, -0.1) is 12.4 Å². The Morgan fingerprint density at radius 1 is 0.500 bits per heavy atom. The number of hydrogen-bond acceptors (Lipinski definition) is 15.